The van der Waals surface area contributed by atoms with Gasteiger partial charge >= 0.3 is 0 Å². The summed E-state index contributed by atoms with van der Waals surface area (Å²) in [5, 5.41) is 6.39. The number of guanidine groups is 1. The Labute approximate surface area is 175 Å². The van der Waals surface area contributed by atoms with Crippen LogP contribution in [0.4, 0.5) is 4.39 Å². The molecule has 156 valence electrons. The van der Waals surface area contributed by atoms with Crippen LogP contribution in [0.3, 0.4) is 0 Å². The molecule has 3 aromatic rings. The second-order valence-corrected chi connectivity index (χ2v) is 6.65. The molecule has 0 amide bonds. The maximum absolute atomic E-state index is 13.7. The fraction of sp³-hybridized carbons (Fsp3) is 0.217. The number of hydrogen-bond donors (Lipinski definition) is 2. The fourth-order valence-corrected chi connectivity index (χ4v) is 2.70. The van der Waals surface area contributed by atoms with E-state index in [0.717, 1.165) is 16.9 Å². The third kappa shape index (κ3) is 5.94. The fourth-order valence-electron chi connectivity index (χ4n) is 2.70. The highest BCUT2D eigenvalue weighted by molar-refractivity contribution is 5.79. The number of nitrogens with zero attached hydrogens (tertiary/aromatic N) is 2. The van der Waals surface area contributed by atoms with Gasteiger partial charge in [-0.2, -0.15) is 0 Å². The standard InChI is InChI=1S/C23H25FN4O2/c1-16-7-8-17(11-21(16)24)13-27-23(25-2)28-15-18-9-10-22(26-14-18)30-20-6-4-5-19(12-20)29-3/h4-12,14H,13,15H2,1-3H3,(H2,25,27,28). The summed E-state index contributed by atoms with van der Waals surface area (Å²) >= 11 is 0. The minimum Gasteiger partial charge on any atom is -0.497 e. The smallest absolute Gasteiger partial charge is 0.219 e. The van der Waals surface area contributed by atoms with E-state index in [1.807, 2.05) is 36.4 Å². The molecule has 2 N–H and O–H groups in total. The molecule has 6 nitrogen and oxygen atoms in total. The highest BCUT2D eigenvalue weighted by atomic mass is 19.1. The van der Waals surface area contributed by atoms with Crippen LogP contribution in [0.25, 0.3) is 0 Å². The van der Waals surface area contributed by atoms with Crippen LogP contribution >= 0.6 is 0 Å². The Morgan fingerprint density at radius 2 is 1.73 bits per heavy atom. The number of aromatic nitrogens is 1. The van der Waals surface area contributed by atoms with Gasteiger partial charge < -0.3 is 20.1 Å². The predicted octanol–water partition coefficient (Wildman–Crippen LogP) is 4.20. The molecular weight excluding hydrogens is 383 g/mol. The highest BCUT2D eigenvalue weighted by Gasteiger charge is 2.04. The topological polar surface area (TPSA) is 67.8 Å². The Balaban J connectivity index is 1.51. The lowest BCUT2D eigenvalue weighted by Crippen LogP contribution is -2.36. The molecule has 0 saturated carbocycles. The minimum absolute atomic E-state index is 0.209. The van der Waals surface area contributed by atoms with Gasteiger partial charge in [-0.3, -0.25) is 4.99 Å². The van der Waals surface area contributed by atoms with Crippen molar-refractivity contribution in [2.75, 3.05) is 14.2 Å². The zero-order chi connectivity index (χ0) is 21.3. The van der Waals surface area contributed by atoms with Gasteiger partial charge in [0, 0.05) is 38.5 Å². The maximum Gasteiger partial charge on any atom is 0.219 e. The van der Waals surface area contributed by atoms with Crippen LogP contribution in [0.15, 0.2) is 65.8 Å². The first-order valence-electron chi connectivity index (χ1n) is 9.54. The summed E-state index contributed by atoms with van der Waals surface area (Å²) in [4.78, 5) is 8.53. The van der Waals surface area contributed by atoms with E-state index in [2.05, 4.69) is 20.6 Å². The number of halogens is 1. The number of benzene rings is 2. The van der Waals surface area contributed by atoms with Crippen molar-refractivity contribution in [1.82, 2.24) is 15.6 Å². The third-order valence-corrected chi connectivity index (χ3v) is 4.44. The maximum atomic E-state index is 13.7. The van der Waals surface area contributed by atoms with Crippen molar-refractivity contribution in [1.29, 1.82) is 0 Å². The lowest BCUT2D eigenvalue weighted by Gasteiger charge is -2.12. The molecule has 0 aliphatic rings. The molecule has 1 heterocycles. The van der Waals surface area contributed by atoms with Crippen LogP contribution in [0.5, 0.6) is 17.4 Å². The molecule has 0 atom stereocenters. The Morgan fingerprint density at radius 3 is 2.40 bits per heavy atom. The summed E-state index contributed by atoms with van der Waals surface area (Å²) in [6.45, 7) is 2.75. The quantitative estimate of drug-likeness (QED) is 0.453. The molecule has 1 aromatic heterocycles. The number of pyridine rings is 1. The van der Waals surface area contributed by atoms with E-state index in [9.17, 15) is 4.39 Å². The van der Waals surface area contributed by atoms with Crippen molar-refractivity contribution < 1.29 is 13.9 Å². The number of methoxy groups -OCH3 is 1. The number of hydrogen-bond acceptors (Lipinski definition) is 4. The van der Waals surface area contributed by atoms with E-state index in [1.165, 1.54) is 6.07 Å². The van der Waals surface area contributed by atoms with Crippen molar-refractivity contribution in [3.05, 3.63) is 83.3 Å². The molecule has 0 bridgehead atoms. The summed E-state index contributed by atoms with van der Waals surface area (Å²) in [6, 6.07) is 16.3. The molecule has 0 aliphatic heterocycles. The normalized spacial score (nSPS) is 11.1. The average molecular weight is 408 g/mol. The summed E-state index contributed by atoms with van der Waals surface area (Å²) in [5.74, 6) is 2.29. The van der Waals surface area contributed by atoms with Crippen LogP contribution in [0.2, 0.25) is 0 Å². The minimum atomic E-state index is -0.209. The molecule has 3 rings (SSSR count). The van der Waals surface area contributed by atoms with E-state index in [4.69, 9.17) is 9.47 Å². The van der Waals surface area contributed by atoms with Gasteiger partial charge in [0.15, 0.2) is 5.96 Å². The molecular formula is C23H25FN4O2. The van der Waals surface area contributed by atoms with Crippen LogP contribution in [0, 0.1) is 12.7 Å². The SMILES string of the molecule is CN=C(NCc1ccc(Oc2cccc(OC)c2)nc1)NCc1ccc(C)c(F)c1. The Bertz CT molecular complexity index is 1010. The number of rotatable bonds is 7. The Morgan fingerprint density at radius 1 is 1.00 bits per heavy atom. The van der Waals surface area contributed by atoms with Gasteiger partial charge in [0.1, 0.15) is 17.3 Å². The molecule has 0 spiro atoms. The molecule has 0 saturated heterocycles. The zero-order valence-electron chi connectivity index (χ0n) is 17.3. The summed E-state index contributed by atoms with van der Waals surface area (Å²) in [5.41, 5.74) is 2.45. The van der Waals surface area contributed by atoms with Gasteiger partial charge in [0.2, 0.25) is 5.88 Å². The van der Waals surface area contributed by atoms with Gasteiger partial charge in [-0.15, -0.1) is 0 Å². The van der Waals surface area contributed by atoms with E-state index < -0.39 is 0 Å². The number of nitrogens with one attached hydrogen (secondary N) is 2. The number of ether oxygens (including phenoxy) is 2. The van der Waals surface area contributed by atoms with E-state index in [-0.39, 0.29) is 5.82 Å². The largest absolute Gasteiger partial charge is 0.497 e. The zero-order valence-corrected chi connectivity index (χ0v) is 17.3. The van der Waals surface area contributed by atoms with E-state index >= 15 is 0 Å². The first-order valence-corrected chi connectivity index (χ1v) is 9.54. The molecule has 7 heteroatoms. The van der Waals surface area contributed by atoms with E-state index in [1.54, 1.807) is 39.4 Å². The molecule has 0 unspecified atom stereocenters. The van der Waals surface area contributed by atoms with Crippen molar-refractivity contribution in [2.24, 2.45) is 4.99 Å². The van der Waals surface area contributed by atoms with Gasteiger partial charge in [0.25, 0.3) is 0 Å². The van der Waals surface area contributed by atoms with Gasteiger partial charge in [-0.1, -0.05) is 24.3 Å². The van der Waals surface area contributed by atoms with Gasteiger partial charge in [-0.05, 0) is 41.8 Å². The first-order chi connectivity index (χ1) is 14.6. The van der Waals surface area contributed by atoms with Crippen molar-refractivity contribution in [2.45, 2.75) is 20.0 Å². The van der Waals surface area contributed by atoms with Crippen molar-refractivity contribution >= 4 is 5.96 Å². The van der Waals surface area contributed by atoms with Crippen LogP contribution < -0.4 is 20.1 Å². The highest BCUT2D eigenvalue weighted by Crippen LogP contribution is 2.23. The van der Waals surface area contributed by atoms with E-state index in [0.29, 0.717) is 36.2 Å². The second kappa shape index (κ2) is 10.2. The monoisotopic (exact) mass is 408 g/mol. The summed E-state index contributed by atoms with van der Waals surface area (Å²) in [6.07, 6.45) is 1.74. The first kappa shape index (κ1) is 21.1. The Kier molecular flexibility index (Phi) is 7.21. The number of aryl methyl sites for hydroxylation is 1. The summed E-state index contributed by atoms with van der Waals surface area (Å²) < 4.78 is 24.6. The number of aliphatic imine (C=N–C) groups is 1. The average Bonchev–Trinajstić information content (AvgIpc) is 2.77. The second-order valence-electron chi connectivity index (χ2n) is 6.65. The van der Waals surface area contributed by atoms with Crippen molar-refractivity contribution in [3.63, 3.8) is 0 Å². The molecule has 0 aliphatic carbocycles. The third-order valence-electron chi connectivity index (χ3n) is 4.44. The lowest BCUT2D eigenvalue weighted by molar-refractivity contribution is 0.407. The van der Waals surface area contributed by atoms with Crippen LogP contribution in [0.1, 0.15) is 16.7 Å². The Hall–Kier alpha value is -3.61. The summed E-state index contributed by atoms with van der Waals surface area (Å²) in [7, 11) is 3.30. The lowest BCUT2D eigenvalue weighted by atomic mass is 10.1. The molecule has 30 heavy (non-hydrogen) atoms. The molecule has 0 radical (unpaired) electrons. The molecule has 2 aromatic carbocycles. The van der Waals surface area contributed by atoms with Gasteiger partial charge in [0.05, 0.1) is 7.11 Å². The molecule has 0 fully saturated rings. The predicted molar refractivity (Wildman–Crippen MR) is 115 cm³/mol. The van der Waals surface area contributed by atoms with Crippen molar-refractivity contribution in [3.8, 4) is 17.4 Å². The van der Waals surface area contributed by atoms with Crippen LogP contribution in [-0.2, 0) is 13.1 Å². The van der Waals surface area contributed by atoms with Crippen LogP contribution in [-0.4, -0.2) is 25.1 Å². The van der Waals surface area contributed by atoms with Gasteiger partial charge in [-0.25, -0.2) is 9.37 Å².